The van der Waals surface area contributed by atoms with E-state index in [0.717, 1.165) is 52.6 Å². The third-order valence-corrected chi connectivity index (χ3v) is 5.16. The lowest BCUT2D eigenvalue weighted by Gasteiger charge is -2.20. The standard InChI is InChI=1S/C22H21ClNO3/c1-25-20-9-8-17-18(22(20)26-2)10-11-24-19(17)12-16(13-21(24)23)27-14-15-6-4-3-5-7-15/h3-9,12-13H,10-11,14H2,1-2H3/q+1. The highest BCUT2D eigenvalue weighted by Gasteiger charge is 2.30. The van der Waals surface area contributed by atoms with Gasteiger partial charge in [0.1, 0.15) is 12.4 Å². The lowest BCUT2D eigenvalue weighted by Crippen LogP contribution is -2.41. The molecule has 4 nitrogen and oxygen atoms in total. The Morgan fingerprint density at radius 1 is 1.00 bits per heavy atom. The molecule has 1 aromatic heterocycles. The number of nitrogens with zero attached hydrogens (tertiary/aromatic N) is 1. The van der Waals surface area contributed by atoms with Crippen LogP contribution in [0.1, 0.15) is 11.1 Å². The Hall–Kier alpha value is -2.72. The van der Waals surface area contributed by atoms with Gasteiger partial charge in [-0.15, -0.1) is 0 Å². The van der Waals surface area contributed by atoms with Gasteiger partial charge in [-0.05, 0) is 29.3 Å². The third-order valence-electron chi connectivity index (χ3n) is 4.85. The van der Waals surface area contributed by atoms with Crippen molar-refractivity contribution in [2.45, 2.75) is 19.6 Å². The van der Waals surface area contributed by atoms with Crippen molar-refractivity contribution in [3.63, 3.8) is 0 Å². The van der Waals surface area contributed by atoms with Gasteiger partial charge in [0.2, 0.25) is 5.69 Å². The molecule has 2 aromatic carbocycles. The van der Waals surface area contributed by atoms with Crippen LogP contribution in [-0.2, 0) is 19.6 Å². The van der Waals surface area contributed by atoms with Crippen LogP contribution in [0.25, 0.3) is 11.3 Å². The molecule has 4 rings (SSSR count). The minimum atomic E-state index is 0.499. The summed E-state index contributed by atoms with van der Waals surface area (Å²) in [5.74, 6) is 2.28. The molecule has 0 atom stereocenters. The molecule has 27 heavy (non-hydrogen) atoms. The van der Waals surface area contributed by atoms with Crippen LogP contribution in [0.5, 0.6) is 17.2 Å². The van der Waals surface area contributed by atoms with Gasteiger partial charge in [0.05, 0.1) is 31.9 Å². The Morgan fingerprint density at radius 3 is 2.56 bits per heavy atom. The van der Waals surface area contributed by atoms with Crippen LogP contribution in [-0.4, -0.2) is 14.2 Å². The number of fused-ring (bicyclic) bond motifs is 3. The Bertz CT molecular complexity index is 973. The van der Waals surface area contributed by atoms with Crippen molar-refractivity contribution in [1.82, 2.24) is 0 Å². The van der Waals surface area contributed by atoms with Crippen molar-refractivity contribution in [2.24, 2.45) is 0 Å². The molecular weight excluding hydrogens is 362 g/mol. The van der Waals surface area contributed by atoms with Crippen molar-refractivity contribution in [3.8, 4) is 28.5 Å². The summed E-state index contributed by atoms with van der Waals surface area (Å²) in [4.78, 5) is 0. The first kappa shape index (κ1) is 17.7. The summed E-state index contributed by atoms with van der Waals surface area (Å²) in [7, 11) is 3.33. The Kier molecular flexibility index (Phi) is 4.90. The number of pyridine rings is 1. The number of hydrogen-bond donors (Lipinski definition) is 0. The molecule has 0 spiro atoms. The minimum absolute atomic E-state index is 0.499. The largest absolute Gasteiger partial charge is 0.493 e. The van der Waals surface area contributed by atoms with E-state index in [9.17, 15) is 0 Å². The first-order valence-electron chi connectivity index (χ1n) is 8.85. The summed E-state index contributed by atoms with van der Waals surface area (Å²) in [6, 6.07) is 18.0. The maximum Gasteiger partial charge on any atom is 0.279 e. The van der Waals surface area contributed by atoms with Crippen LogP contribution < -0.4 is 18.8 Å². The molecule has 0 saturated heterocycles. The average molecular weight is 383 g/mol. The highest BCUT2D eigenvalue weighted by molar-refractivity contribution is 6.28. The van der Waals surface area contributed by atoms with E-state index in [1.54, 1.807) is 14.2 Å². The molecule has 0 N–H and O–H groups in total. The lowest BCUT2D eigenvalue weighted by molar-refractivity contribution is -0.685. The van der Waals surface area contributed by atoms with E-state index in [0.29, 0.717) is 11.8 Å². The quantitative estimate of drug-likeness (QED) is 0.482. The van der Waals surface area contributed by atoms with Gasteiger partial charge < -0.3 is 14.2 Å². The van der Waals surface area contributed by atoms with Crippen molar-refractivity contribution in [3.05, 3.63) is 70.9 Å². The number of aromatic nitrogens is 1. The molecule has 2 heterocycles. The molecule has 0 radical (unpaired) electrons. The van der Waals surface area contributed by atoms with Crippen molar-refractivity contribution < 1.29 is 18.8 Å². The van der Waals surface area contributed by atoms with Gasteiger partial charge in [-0.2, -0.15) is 4.57 Å². The topological polar surface area (TPSA) is 31.6 Å². The van der Waals surface area contributed by atoms with Gasteiger partial charge in [-0.1, -0.05) is 30.3 Å². The van der Waals surface area contributed by atoms with Crippen molar-refractivity contribution >= 4 is 11.6 Å². The summed E-state index contributed by atoms with van der Waals surface area (Å²) in [6.07, 6.45) is 0.831. The molecule has 0 fully saturated rings. The number of rotatable bonds is 5. The fraction of sp³-hybridized carbons (Fsp3) is 0.227. The SMILES string of the molecule is COc1ccc2c(c1OC)CC[n+]1c(Cl)cc(OCc3ccccc3)cc1-2. The zero-order valence-electron chi connectivity index (χ0n) is 15.4. The first-order valence-corrected chi connectivity index (χ1v) is 9.23. The molecule has 0 unspecified atom stereocenters. The number of methoxy groups -OCH3 is 2. The van der Waals surface area contributed by atoms with E-state index >= 15 is 0 Å². The van der Waals surface area contributed by atoms with Gasteiger partial charge >= 0.3 is 0 Å². The van der Waals surface area contributed by atoms with Crippen LogP contribution in [0.3, 0.4) is 0 Å². The summed E-state index contributed by atoms with van der Waals surface area (Å²) in [6.45, 7) is 1.28. The van der Waals surface area contributed by atoms with Gasteiger partial charge in [0.15, 0.2) is 18.0 Å². The van der Waals surface area contributed by atoms with E-state index in [1.807, 2.05) is 48.5 Å². The summed E-state index contributed by atoms with van der Waals surface area (Å²) < 4.78 is 19.2. The fourth-order valence-electron chi connectivity index (χ4n) is 3.54. The van der Waals surface area contributed by atoms with Gasteiger partial charge in [-0.3, -0.25) is 0 Å². The maximum atomic E-state index is 6.55. The normalized spacial score (nSPS) is 12.1. The molecule has 138 valence electrons. The zero-order chi connectivity index (χ0) is 18.8. The first-order chi connectivity index (χ1) is 13.2. The number of hydrogen-bond acceptors (Lipinski definition) is 3. The van der Waals surface area contributed by atoms with E-state index in [-0.39, 0.29) is 0 Å². The smallest absolute Gasteiger partial charge is 0.279 e. The van der Waals surface area contributed by atoms with Crippen LogP contribution in [0.4, 0.5) is 0 Å². The second-order valence-corrected chi connectivity index (χ2v) is 6.79. The Balaban J connectivity index is 1.72. The predicted molar refractivity (Wildman–Crippen MR) is 105 cm³/mol. The highest BCUT2D eigenvalue weighted by atomic mass is 35.5. The van der Waals surface area contributed by atoms with Crippen LogP contribution in [0.2, 0.25) is 5.15 Å². The summed E-state index contributed by atoms with van der Waals surface area (Å²) >= 11 is 6.55. The van der Waals surface area contributed by atoms with Crippen molar-refractivity contribution in [1.29, 1.82) is 0 Å². The van der Waals surface area contributed by atoms with Gasteiger partial charge in [0, 0.05) is 12.0 Å². The van der Waals surface area contributed by atoms with Crippen LogP contribution in [0.15, 0.2) is 54.6 Å². The third kappa shape index (κ3) is 3.33. The molecule has 1 aliphatic heterocycles. The molecule has 0 saturated carbocycles. The molecule has 1 aliphatic rings. The zero-order valence-corrected chi connectivity index (χ0v) is 16.1. The molecule has 0 amide bonds. The molecular formula is C22H21ClNO3+. The maximum absolute atomic E-state index is 6.55. The van der Waals surface area contributed by atoms with Crippen molar-refractivity contribution in [2.75, 3.05) is 14.2 Å². The van der Waals surface area contributed by atoms with Crippen LogP contribution in [0, 0.1) is 0 Å². The minimum Gasteiger partial charge on any atom is -0.493 e. The van der Waals surface area contributed by atoms with Gasteiger partial charge in [-0.25, -0.2) is 0 Å². The predicted octanol–water partition coefficient (Wildman–Crippen LogP) is 4.45. The molecule has 0 bridgehead atoms. The van der Waals surface area contributed by atoms with E-state index in [1.165, 1.54) is 0 Å². The monoisotopic (exact) mass is 382 g/mol. The Morgan fingerprint density at radius 2 is 1.81 bits per heavy atom. The number of benzene rings is 2. The molecule has 3 aromatic rings. The van der Waals surface area contributed by atoms with E-state index in [4.69, 9.17) is 25.8 Å². The second kappa shape index (κ2) is 7.49. The fourth-order valence-corrected chi connectivity index (χ4v) is 3.83. The number of halogens is 1. The van der Waals surface area contributed by atoms with Gasteiger partial charge in [0.25, 0.3) is 5.15 Å². The van der Waals surface area contributed by atoms with Crippen LogP contribution >= 0.6 is 11.6 Å². The number of ether oxygens (including phenoxy) is 3. The average Bonchev–Trinajstić information content (AvgIpc) is 2.71. The summed E-state index contributed by atoms with van der Waals surface area (Å²) in [5, 5.41) is 0.663. The Labute approximate surface area is 163 Å². The van der Waals surface area contributed by atoms with E-state index < -0.39 is 0 Å². The summed E-state index contributed by atoms with van der Waals surface area (Å²) in [5.41, 5.74) is 4.36. The highest BCUT2D eigenvalue weighted by Crippen LogP contribution is 2.40. The molecule has 0 aliphatic carbocycles. The molecule has 5 heteroatoms. The lowest BCUT2D eigenvalue weighted by atomic mass is 9.95. The second-order valence-electron chi connectivity index (χ2n) is 6.40. The van der Waals surface area contributed by atoms with E-state index in [2.05, 4.69) is 10.6 Å².